The average molecular weight is 207 g/mol. The van der Waals surface area contributed by atoms with Crippen LogP contribution >= 0.6 is 0 Å². The van der Waals surface area contributed by atoms with Crippen LogP contribution in [0.3, 0.4) is 0 Å². The Morgan fingerprint density at radius 3 is 3.07 bits per heavy atom. The summed E-state index contributed by atoms with van der Waals surface area (Å²) in [5, 5.41) is 3.65. The van der Waals surface area contributed by atoms with Gasteiger partial charge >= 0.3 is 0 Å². The lowest BCUT2D eigenvalue weighted by Crippen LogP contribution is -2.31. The van der Waals surface area contributed by atoms with Gasteiger partial charge in [-0.25, -0.2) is 4.98 Å². The molecule has 1 aliphatic rings. The van der Waals surface area contributed by atoms with Gasteiger partial charge in [-0.3, -0.25) is 0 Å². The Bertz CT molecular complexity index is 306. The van der Waals surface area contributed by atoms with Gasteiger partial charge in [0.1, 0.15) is 0 Å². The normalized spacial score (nSPS) is 26.0. The summed E-state index contributed by atoms with van der Waals surface area (Å²) in [5.74, 6) is 0.836. The third-order valence-electron chi connectivity index (χ3n) is 3.55. The van der Waals surface area contributed by atoms with E-state index < -0.39 is 0 Å². The smallest absolute Gasteiger partial charge is 0.0948 e. The van der Waals surface area contributed by atoms with Crippen molar-refractivity contribution < 1.29 is 0 Å². The summed E-state index contributed by atoms with van der Waals surface area (Å²) in [6.45, 7) is 6.48. The largest absolute Gasteiger partial charge is 0.334 e. The quantitative estimate of drug-likeness (QED) is 0.820. The van der Waals surface area contributed by atoms with E-state index in [9.17, 15) is 0 Å². The summed E-state index contributed by atoms with van der Waals surface area (Å²) in [5.41, 5.74) is 1.30. The number of nitrogens with one attached hydrogen (secondary N) is 1. The van der Waals surface area contributed by atoms with Crippen LogP contribution in [0, 0.1) is 5.92 Å². The van der Waals surface area contributed by atoms with Crippen LogP contribution in [0.1, 0.15) is 38.8 Å². The van der Waals surface area contributed by atoms with E-state index in [2.05, 4.69) is 28.7 Å². The molecule has 0 spiro atoms. The third-order valence-corrected chi connectivity index (χ3v) is 3.55. The number of aromatic nitrogens is 2. The first-order valence-electron chi connectivity index (χ1n) is 6.03. The number of nitrogens with zero attached hydrogens (tertiary/aromatic N) is 2. The molecule has 0 radical (unpaired) electrons. The summed E-state index contributed by atoms with van der Waals surface area (Å²) in [7, 11) is 0. The zero-order chi connectivity index (χ0) is 10.7. The fourth-order valence-corrected chi connectivity index (χ4v) is 2.46. The molecule has 15 heavy (non-hydrogen) atoms. The molecule has 1 aromatic rings. The standard InChI is InChI=1S/C12H21N3/c1-3-15-9-13-7-11(15)8-14-12-6-4-5-10(12)2/h7,9-10,12,14H,3-6,8H2,1-2H3. The monoisotopic (exact) mass is 207 g/mol. The van der Waals surface area contributed by atoms with Gasteiger partial charge in [0.05, 0.1) is 12.0 Å². The van der Waals surface area contributed by atoms with Crippen molar-refractivity contribution in [1.29, 1.82) is 0 Å². The molecular formula is C12H21N3. The van der Waals surface area contributed by atoms with Crippen LogP contribution in [0.5, 0.6) is 0 Å². The zero-order valence-electron chi connectivity index (χ0n) is 9.74. The number of hydrogen-bond donors (Lipinski definition) is 1. The summed E-state index contributed by atoms with van der Waals surface area (Å²) in [4.78, 5) is 4.18. The second kappa shape index (κ2) is 4.79. The fourth-order valence-electron chi connectivity index (χ4n) is 2.46. The van der Waals surface area contributed by atoms with Crippen molar-refractivity contribution in [3.63, 3.8) is 0 Å². The SMILES string of the molecule is CCn1cncc1CNC1CCCC1C. The molecule has 0 saturated heterocycles. The predicted molar refractivity (Wildman–Crippen MR) is 61.5 cm³/mol. The van der Waals surface area contributed by atoms with Gasteiger partial charge in [0, 0.05) is 25.3 Å². The maximum atomic E-state index is 4.18. The minimum atomic E-state index is 0.713. The summed E-state index contributed by atoms with van der Waals surface area (Å²) < 4.78 is 2.20. The van der Waals surface area contributed by atoms with Crippen molar-refractivity contribution in [2.24, 2.45) is 5.92 Å². The molecule has 1 aromatic heterocycles. The molecular weight excluding hydrogens is 186 g/mol. The lowest BCUT2D eigenvalue weighted by molar-refractivity contribution is 0.420. The van der Waals surface area contributed by atoms with Crippen molar-refractivity contribution >= 4 is 0 Å². The number of hydrogen-bond acceptors (Lipinski definition) is 2. The minimum absolute atomic E-state index is 0.713. The molecule has 2 unspecified atom stereocenters. The molecule has 3 heteroatoms. The van der Waals surface area contributed by atoms with Crippen LogP contribution in [0.25, 0.3) is 0 Å². The van der Waals surface area contributed by atoms with Gasteiger partial charge in [-0.15, -0.1) is 0 Å². The predicted octanol–water partition coefficient (Wildman–Crippen LogP) is 2.18. The minimum Gasteiger partial charge on any atom is -0.334 e. The topological polar surface area (TPSA) is 29.9 Å². The molecule has 2 atom stereocenters. The summed E-state index contributed by atoms with van der Waals surface area (Å²) in [6, 6.07) is 0.713. The summed E-state index contributed by atoms with van der Waals surface area (Å²) in [6.07, 6.45) is 7.98. The van der Waals surface area contributed by atoms with Gasteiger partial charge in [-0.05, 0) is 25.7 Å². The molecule has 3 nitrogen and oxygen atoms in total. The van der Waals surface area contributed by atoms with E-state index >= 15 is 0 Å². The number of rotatable bonds is 4. The maximum Gasteiger partial charge on any atom is 0.0948 e. The molecule has 1 aliphatic carbocycles. The van der Waals surface area contributed by atoms with Crippen molar-refractivity contribution in [2.45, 2.75) is 52.2 Å². The van der Waals surface area contributed by atoms with E-state index in [4.69, 9.17) is 0 Å². The van der Waals surface area contributed by atoms with Gasteiger partial charge in [0.2, 0.25) is 0 Å². The Morgan fingerprint density at radius 2 is 2.40 bits per heavy atom. The van der Waals surface area contributed by atoms with Gasteiger partial charge in [-0.1, -0.05) is 13.3 Å². The van der Waals surface area contributed by atoms with Crippen LogP contribution in [-0.4, -0.2) is 15.6 Å². The van der Waals surface area contributed by atoms with E-state index in [1.165, 1.54) is 25.0 Å². The Labute approximate surface area is 91.9 Å². The second-order valence-corrected chi connectivity index (χ2v) is 4.57. The highest BCUT2D eigenvalue weighted by atomic mass is 15.1. The van der Waals surface area contributed by atoms with Gasteiger partial charge in [0.15, 0.2) is 0 Å². The van der Waals surface area contributed by atoms with Crippen LogP contribution in [0.15, 0.2) is 12.5 Å². The van der Waals surface area contributed by atoms with Crippen LogP contribution in [0.4, 0.5) is 0 Å². The fraction of sp³-hybridized carbons (Fsp3) is 0.750. The molecule has 1 saturated carbocycles. The number of imidazole rings is 1. The molecule has 84 valence electrons. The first kappa shape index (κ1) is 10.7. The first-order valence-corrected chi connectivity index (χ1v) is 6.03. The molecule has 2 rings (SSSR count). The van der Waals surface area contributed by atoms with E-state index in [0.29, 0.717) is 6.04 Å². The zero-order valence-corrected chi connectivity index (χ0v) is 9.74. The molecule has 0 amide bonds. The Hall–Kier alpha value is -0.830. The van der Waals surface area contributed by atoms with Crippen LogP contribution < -0.4 is 5.32 Å². The molecule has 0 aromatic carbocycles. The molecule has 1 fully saturated rings. The van der Waals surface area contributed by atoms with Gasteiger partial charge < -0.3 is 9.88 Å². The Kier molecular flexibility index (Phi) is 3.41. The maximum absolute atomic E-state index is 4.18. The Balaban J connectivity index is 1.87. The van der Waals surface area contributed by atoms with Crippen molar-refractivity contribution in [3.8, 4) is 0 Å². The number of aryl methyl sites for hydroxylation is 1. The van der Waals surface area contributed by atoms with Crippen LogP contribution in [-0.2, 0) is 13.1 Å². The van der Waals surface area contributed by atoms with E-state index in [0.717, 1.165) is 19.0 Å². The Morgan fingerprint density at radius 1 is 1.53 bits per heavy atom. The molecule has 0 bridgehead atoms. The lowest BCUT2D eigenvalue weighted by atomic mass is 10.1. The van der Waals surface area contributed by atoms with Crippen LogP contribution in [0.2, 0.25) is 0 Å². The second-order valence-electron chi connectivity index (χ2n) is 4.57. The van der Waals surface area contributed by atoms with Crippen molar-refractivity contribution in [1.82, 2.24) is 14.9 Å². The van der Waals surface area contributed by atoms with Crippen molar-refractivity contribution in [3.05, 3.63) is 18.2 Å². The van der Waals surface area contributed by atoms with Gasteiger partial charge in [0.25, 0.3) is 0 Å². The third kappa shape index (κ3) is 2.40. The molecule has 0 aliphatic heterocycles. The highest BCUT2D eigenvalue weighted by molar-refractivity contribution is 4.98. The highest BCUT2D eigenvalue weighted by Gasteiger charge is 2.22. The first-order chi connectivity index (χ1) is 7.31. The summed E-state index contributed by atoms with van der Waals surface area (Å²) >= 11 is 0. The molecule has 1 N–H and O–H groups in total. The van der Waals surface area contributed by atoms with E-state index in [1.807, 2.05) is 12.5 Å². The highest BCUT2D eigenvalue weighted by Crippen LogP contribution is 2.24. The average Bonchev–Trinajstić information content (AvgIpc) is 2.83. The van der Waals surface area contributed by atoms with E-state index in [1.54, 1.807) is 0 Å². The van der Waals surface area contributed by atoms with Crippen molar-refractivity contribution in [2.75, 3.05) is 0 Å². The lowest BCUT2D eigenvalue weighted by Gasteiger charge is -2.17. The van der Waals surface area contributed by atoms with E-state index in [-0.39, 0.29) is 0 Å². The van der Waals surface area contributed by atoms with Gasteiger partial charge in [-0.2, -0.15) is 0 Å². The molecule has 1 heterocycles.